The van der Waals surface area contributed by atoms with E-state index in [1.54, 1.807) is 4.31 Å². The summed E-state index contributed by atoms with van der Waals surface area (Å²) in [4.78, 5) is 7.31. The normalized spacial score (nSPS) is 27.2. The number of hydrogen-bond acceptors (Lipinski definition) is 4. The topological polar surface area (TPSA) is 77.0 Å². The van der Waals surface area contributed by atoms with Crippen molar-refractivity contribution < 1.29 is 8.42 Å². The fourth-order valence-electron chi connectivity index (χ4n) is 3.75. The highest BCUT2D eigenvalue weighted by molar-refractivity contribution is 7.88. The maximum Gasteiger partial charge on any atom is 0.211 e. The third-order valence-corrected chi connectivity index (χ3v) is 6.89. The highest BCUT2D eigenvalue weighted by atomic mass is 32.2. The van der Waals surface area contributed by atoms with E-state index in [-0.39, 0.29) is 0 Å². The molecule has 0 radical (unpaired) electrons. The SMILES string of the molecule is CCNC(=NCC1CCN(S(C)(=O)=O)CC1)NC1CN(C(C)C)CC1C. The van der Waals surface area contributed by atoms with Gasteiger partial charge in [-0.15, -0.1) is 0 Å². The Morgan fingerprint density at radius 2 is 1.88 bits per heavy atom. The average molecular weight is 388 g/mol. The molecular formula is C18H37N5O2S. The second-order valence-electron chi connectivity index (χ2n) is 8.10. The number of likely N-dealkylation sites (tertiary alicyclic amines) is 1. The fourth-order valence-corrected chi connectivity index (χ4v) is 4.63. The van der Waals surface area contributed by atoms with Gasteiger partial charge < -0.3 is 10.6 Å². The second-order valence-corrected chi connectivity index (χ2v) is 10.1. The Morgan fingerprint density at radius 1 is 1.23 bits per heavy atom. The zero-order chi connectivity index (χ0) is 19.3. The first kappa shape index (κ1) is 21.4. The van der Waals surface area contributed by atoms with Gasteiger partial charge in [0.15, 0.2) is 5.96 Å². The summed E-state index contributed by atoms with van der Waals surface area (Å²) in [5, 5.41) is 6.98. The number of aliphatic imine (C=N–C) groups is 1. The molecular weight excluding hydrogens is 350 g/mol. The summed E-state index contributed by atoms with van der Waals surface area (Å²) in [6.45, 7) is 13.9. The summed E-state index contributed by atoms with van der Waals surface area (Å²) in [6.07, 6.45) is 3.07. The number of guanidine groups is 1. The van der Waals surface area contributed by atoms with E-state index in [0.29, 0.717) is 37.0 Å². The molecule has 152 valence electrons. The smallest absolute Gasteiger partial charge is 0.211 e. The average Bonchev–Trinajstić information content (AvgIpc) is 2.93. The zero-order valence-corrected chi connectivity index (χ0v) is 17.8. The van der Waals surface area contributed by atoms with Crippen LogP contribution in [-0.2, 0) is 10.0 Å². The minimum Gasteiger partial charge on any atom is -0.357 e. The first-order valence-corrected chi connectivity index (χ1v) is 11.8. The Kier molecular flexibility index (Phi) is 7.73. The maximum atomic E-state index is 11.6. The van der Waals surface area contributed by atoms with Crippen LogP contribution in [0.2, 0.25) is 0 Å². The van der Waals surface area contributed by atoms with Crippen LogP contribution in [0.15, 0.2) is 4.99 Å². The molecule has 2 N–H and O–H groups in total. The minimum atomic E-state index is -3.06. The second kappa shape index (κ2) is 9.37. The fraction of sp³-hybridized carbons (Fsp3) is 0.944. The molecule has 8 heteroatoms. The Morgan fingerprint density at radius 3 is 2.38 bits per heavy atom. The first-order valence-electron chi connectivity index (χ1n) is 9.94. The Labute approximate surface area is 159 Å². The number of hydrogen-bond donors (Lipinski definition) is 2. The highest BCUT2D eigenvalue weighted by Gasteiger charge is 2.31. The van der Waals surface area contributed by atoms with Crippen LogP contribution >= 0.6 is 0 Å². The Hall–Kier alpha value is -0.860. The van der Waals surface area contributed by atoms with Crippen LogP contribution in [0.3, 0.4) is 0 Å². The van der Waals surface area contributed by atoms with Gasteiger partial charge >= 0.3 is 0 Å². The lowest BCUT2D eigenvalue weighted by atomic mass is 9.98. The van der Waals surface area contributed by atoms with Crippen LogP contribution in [0.4, 0.5) is 0 Å². The quantitative estimate of drug-likeness (QED) is 0.524. The van der Waals surface area contributed by atoms with Crippen molar-refractivity contribution in [3.8, 4) is 0 Å². The third-order valence-electron chi connectivity index (χ3n) is 5.59. The van der Waals surface area contributed by atoms with Gasteiger partial charge in [0.25, 0.3) is 0 Å². The molecule has 0 aliphatic carbocycles. The summed E-state index contributed by atoms with van der Waals surface area (Å²) in [5.74, 6) is 1.94. The number of piperidine rings is 1. The third kappa shape index (κ3) is 6.09. The summed E-state index contributed by atoms with van der Waals surface area (Å²) in [7, 11) is -3.06. The van der Waals surface area contributed by atoms with E-state index in [9.17, 15) is 8.42 Å². The van der Waals surface area contributed by atoms with Crippen LogP contribution < -0.4 is 10.6 Å². The van der Waals surface area contributed by atoms with Gasteiger partial charge in [0.1, 0.15) is 0 Å². The molecule has 0 saturated carbocycles. The molecule has 0 aromatic rings. The van der Waals surface area contributed by atoms with Gasteiger partial charge in [0.2, 0.25) is 10.0 Å². The molecule has 0 bridgehead atoms. The van der Waals surface area contributed by atoms with Gasteiger partial charge in [-0.3, -0.25) is 9.89 Å². The molecule has 0 amide bonds. The van der Waals surface area contributed by atoms with Gasteiger partial charge in [0, 0.05) is 51.4 Å². The van der Waals surface area contributed by atoms with E-state index < -0.39 is 10.0 Å². The lowest BCUT2D eigenvalue weighted by Gasteiger charge is -2.29. The molecule has 0 aromatic carbocycles. The van der Waals surface area contributed by atoms with Gasteiger partial charge in [0.05, 0.1) is 6.26 Å². The molecule has 0 spiro atoms. The molecule has 2 rings (SSSR count). The van der Waals surface area contributed by atoms with E-state index in [1.807, 2.05) is 0 Å². The standard InChI is InChI=1S/C18H37N5O2S/c1-6-19-18(21-17-13-22(14(2)3)12-15(17)4)20-11-16-7-9-23(10-8-16)26(5,24)25/h14-17H,6-13H2,1-5H3,(H2,19,20,21). The van der Waals surface area contributed by atoms with E-state index >= 15 is 0 Å². The minimum absolute atomic E-state index is 0.419. The molecule has 2 heterocycles. The first-order chi connectivity index (χ1) is 12.2. The number of nitrogens with one attached hydrogen (secondary N) is 2. The number of sulfonamides is 1. The Balaban J connectivity index is 1.87. The van der Waals surface area contributed by atoms with Crippen molar-refractivity contribution in [2.24, 2.45) is 16.8 Å². The molecule has 7 nitrogen and oxygen atoms in total. The van der Waals surface area contributed by atoms with Gasteiger partial charge in [-0.05, 0) is 45.4 Å². The zero-order valence-electron chi connectivity index (χ0n) is 17.0. The van der Waals surface area contributed by atoms with Gasteiger partial charge in [-0.25, -0.2) is 12.7 Å². The predicted molar refractivity (Wildman–Crippen MR) is 108 cm³/mol. The maximum absolute atomic E-state index is 11.6. The van der Waals surface area contributed by atoms with Gasteiger partial charge in [-0.1, -0.05) is 6.92 Å². The monoisotopic (exact) mass is 387 g/mol. The van der Waals surface area contributed by atoms with Crippen LogP contribution in [0.25, 0.3) is 0 Å². The van der Waals surface area contributed by atoms with E-state index in [1.165, 1.54) is 6.26 Å². The molecule has 2 aliphatic rings. The molecule has 0 aromatic heterocycles. The van der Waals surface area contributed by atoms with Crippen molar-refractivity contribution in [3.63, 3.8) is 0 Å². The van der Waals surface area contributed by atoms with Crippen molar-refractivity contribution in [1.82, 2.24) is 19.8 Å². The summed E-state index contributed by atoms with van der Waals surface area (Å²) in [6, 6.07) is 0.992. The summed E-state index contributed by atoms with van der Waals surface area (Å²) in [5.41, 5.74) is 0. The van der Waals surface area contributed by atoms with Crippen molar-refractivity contribution in [2.45, 2.75) is 52.6 Å². The van der Waals surface area contributed by atoms with Crippen molar-refractivity contribution in [2.75, 3.05) is 45.5 Å². The summed E-state index contributed by atoms with van der Waals surface area (Å²) < 4.78 is 24.8. The number of rotatable bonds is 6. The molecule has 26 heavy (non-hydrogen) atoms. The molecule has 2 atom stereocenters. The van der Waals surface area contributed by atoms with E-state index in [2.05, 4.69) is 43.2 Å². The van der Waals surface area contributed by atoms with Gasteiger partial charge in [-0.2, -0.15) is 0 Å². The molecule has 2 fully saturated rings. The summed E-state index contributed by atoms with van der Waals surface area (Å²) >= 11 is 0. The highest BCUT2D eigenvalue weighted by Crippen LogP contribution is 2.20. The van der Waals surface area contributed by atoms with Crippen molar-refractivity contribution in [1.29, 1.82) is 0 Å². The Bertz CT molecular complexity index is 570. The molecule has 2 unspecified atom stereocenters. The van der Waals surface area contributed by atoms with Crippen molar-refractivity contribution in [3.05, 3.63) is 0 Å². The largest absolute Gasteiger partial charge is 0.357 e. The lowest BCUT2D eigenvalue weighted by molar-refractivity contribution is 0.265. The van der Waals surface area contributed by atoms with Crippen molar-refractivity contribution >= 4 is 16.0 Å². The lowest BCUT2D eigenvalue weighted by Crippen LogP contribution is -2.47. The van der Waals surface area contributed by atoms with E-state index in [4.69, 9.17) is 4.99 Å². The van der Waals surface area contributed by atoms with E-state index in [0.717, 1.165) is 45.0 Å². The van der Waals surface area contributed by atoms with Crippen LogP contribution in [-0.4, -0.2) is 81.2 Å². The molecule has 2 saturated heterocycles. The van der Waals surface area contributed by atoms with Crippen LogP contribution in [0.5, 0.6) is 0 Å². The predicted octanol–water partition coefficient (Wildman–Crippen LogP) is 0.942. The van der Waals surface area contributed by atoms with Crippen LogP contribution in [0.1, 0.15) is 40.5 Å². The molecule has 2 aliphatic heterocycles. The number of nitrogens with zero attached hydrogens (tertiary/aromatic N) is 3. The van der Waals surface area contributed by atoms with Crippen LogP contribution in [0, 0.1) is 11.8 Å².